The van der Waals surface area contributed by atoms with Crippen LogP contribution >= 0.6 is 22.7 Å². The maximum Gasteiger partial charge on any atom is 0.271 e. The third-order valence-corrected chi connectivity index (χ3v) is 9.12. The van der Waals surface area contributed by atoms with Gasteiger partial charge in [0.25, 0.3) is 5.56 Å². The number of aromatic nitrogens is 1. The molecule has 0 spiro atoms. The molecule has 7 rings (SSSR count). The minimum Gasteiger partial charge on any atom is -0.489 e. The minimum absolute atomic E-state index is 0.0255. The number of nitrogens with zero attached hydrogens (tertiary/aromatic N) is 2. The third-order valence-electron chi connectivity index (χ3n) is 7.22. The van der Waals surface area contributed by atoms with Crippen LogP contribution in [0.4, 0.5) is 4.39 Å². The number of hydrogen-bond acceptors (Lipinski definition) is 5. The van der Waals surface area contributed by atoms with Crippen molar-refractivity contribution >= 4 is 34.4 Å². The van der Waals surface area contributed by atoms with E-state index in [1.807, 2.05) is 41.0 Å². The average molecular weight is 551 g/mol. The summed E-state index contributed by atoms with van der Waals surface area (Å²) < 4.78 is 22.2. The molecule has 0 radical (unpaired) electrons. The van der Waals surface area contributed by atoms with Crippen LogP contribution in [0, 0.1) is 5.82 Å². The fraction of sp³-hybridized carbons (Fsp3) is 0.125. The summed E-state index contributed by atoms with van der Waals surface area (Å²) in [5.74, 6) is 0.358. The molecule has 1 atom stereocenters. The third kappa shape index (κ3) is 4.37. The Morgan fingerprint density at radius 3 is 2.62 bits per heavy atom. The van der Waals surface area contributed by atoms with Gasteiger partial charge in [0.2, 0.25) is 0 Å². The van der Waals surface area contributed by atoms with Gasteiger partial charge in [0.05, 0.1) is 16.3 Å². The topological polar surface area (TPSA) is 43.6 Å². The highest BCUT2D eigenvalue weighted by atomic mass is 32.1. The highest BCUT2D eigenvalue weighted by molar-refractivity contribution is 7.10. The largest absolute Gasteiger partial charge is 0.489 e. The molecule has 4 nitrogen and oxygen atoms in total. The van der Waals surface area contributed by atoms with Crippen LogP contribution in [0.15, 0.2) is 106 Å². The van der Waals surface area contributed by atoms with Crippen molar-refractivity contribution in [1.82, 2.24) is 4.57 Å². The van der Waals surface area contributed by atoms with E-state index in [0.717, 1.165) is 33.8 Å². The van der Waals surface area contributed by atoms with Crippen molar-refractivity contribution in [2.75, 3.05) is 0 Å². The lowest BCUT2D eigenvalue weighted by Crippen LogP contribution is -2.38. The summed E-state index contributed by atoms with van der Waals surface area (Å²) in [6.45, 7) is 0.154. The van der Waals surface area contributed by atoms with Gasteiger partial charge in [-0.1, -0.05) is 72.0 Å². The van der Waals surface area contributed by atoms with E-state index in [-0.39, 0.29) is 24.0 Å². The number of ether oxygens (including phenoxy) is 1. The quantitative estimate of drug-likeness (QED) is 0.266. The Bertz CT molecular complexity index is 1900. The number of benzene rings is 3. The van der Waals surface area contributed by atoms with Gasteiger partial charge in [0.1, 0.15) is 18.2 Å². The van der Waals surface area contributed by atoms with E-state index in [9.17, 15) is 9.18 Å². The summed E-state index contributed by atoms with van der Waals surface area (Å²) in [7, 11) is 0. The molecule has 0 N–H and O–H groups in total. The van der Waals surface area contributed by atoms with E-state index in [0.29, 0.717) is 15.8 Å². The van der Waals surface area contributed by atoms with Crippen LogP contribution < -0.4 is 19.6 Å². The Labute approximate surface area is 232 Å². The first-order chi connectivity index (χ1) is 19.2. The van der Waals surface area contributed by atoms with Crippen molar-refractivity contribution in [2.24, 2.45) is 4.99 Å². The molecule has 39 heavy (non-hydrogen) atoms. The first-order valence-corrected chi connectivity index (χ1v) is 14.5. The summed E-state index contributed by atoms with van der Waals surface area (Å²) in [5.41, 5.74) is 6.08. The van der Waals surface area contributed by atoms with Gasteiger partial charge in [-0.3, -0.25) is 9.36 Å². The van der Waals surface area contributed by atoms with Gasteiger partial charge < -0.3 is 4.74 Å². The van der Waals surface area contributed by atoms with E-state index >= 15 is 0 Å². The molecule has 1 aliphatic carbocycles. The van der Waals surface area contributed by atoms with E-state index in [1.54, 1.807) is 29.5 Å². The number of allylic oxidation sites excluding steroid dienone is 1. The SMILES string of the molecule is O=c1/c(=C\c2ccc(OCc3ccccc3F)cc2)sc2n1[C@@H](c1cccs1)C1=C(N=2)c2ccccc2CC1. The second-order valence-corrected chi connectivity index (χ2v) is 11.6. The van der Waals surface area contributed by atoms with Crippen LogP contribution in [0.25, 0.3) is 11.8 Å². The molecule has 1 aliphatic heterocycles. The number of thiazole rings is 1. The van der Waals surface area contributed by atoms with E-state index in [1.165, 1.54) is 34.1 Å². The lowest BCUT2D eigenvalue weighted by Gasteiger charge is -2.30. The van der Waals surface area contributed by atoms with Crippen LogP contribution in [0.5, 0.6) is 5.75 Å². The van der Waals surface area contributed by atoms with Crippen molar-refractivity contribution in [1.29, 1.82) is 0 Å². The molecule has 2 aliphatic rings. The molecule has 5 aromatic rings. The molecule has 0 saturated heterocycles. The van der Waals surface area contributed by atoms with Gasteiger partial charge in [-0.2, -0.15) is 0 Å². The maximum atomic E-state index is 13.9. The number of rotatable bonds is 5. The molecule has 0 unspecified atom stereocenters. The fourth-order valence-corrected chi connectivity index (χ4v) is 7.16. The van der Waals surface area contributed by atoms with Gasteiger partial charge in [-0.05, 0) is 65.3 Å². The molecule has 3 aromatic carbocycles. The van der Waals surface area contributed by atoms with Gasteiger partial charge in [-0.25, -0.2) is 9.38 Å². The monoisotopic (exact) mass is 550 g/mol. The first kappa shape index (κ1) is 24.0. The Morgan fingerprint density at radius 1 is 0.974 bits per heavy atom. The van der Waals surface area contributed by atoms with Gasteiger partial charge in [-0.15, -0.1) is 11.3 Å². The van der Waals surface area contributed by atoms with Gasteiger partial charge >= 0.3 is 0 Å². The number of fused-ring (bicyclic) bond motifs is 3. The Kier molecular flexibility index (Phi) is 6.10. The Balaban J connectivity index is 1.26. The molecule has 0 fully saturated rings. The zero-order valence-electron chi connectivity index (χ0n) is 20.8. The van der Waals surface area contributed by atoms with E-state index in [4.69, 9.17) is 9.73 Å². The number of thiophene rings is 1. The average Bonchev–Trinajstić information content (AvgIpc) is 3.61. The summed E-state index contributed by atoms with van der Waals surface area (Å²) in [6, 6.07) is 26.6. The van der Waals surface area contributed by atoms with Crippen LogP contribution in [-0.4, -0.2) is 4.57 Å². The van der Waals surface area contributed by atoms with Crippen molar-refractivity contribution in [3.63, 3.8) is 0 Å². The van der Waals surface area contributed by atoms with E-state index in [2.05, 4.69) is 35.7 Å². The Morgan fingerprint density at radius 2 is 1.79 bits per heavy atom. The molecule has 2 aromatic heterocycles. The summed E-state index contributed by atoms with van der Waals surface area (Å²) in [4.78, 5) is 20.7. The van der Waals surface area contributed by atoms with Crippen LogP contribution in [-0.2, 0) is 13.0 Å². The number of aryl methyl sites for hydroxylation is 1. The smallest absolute Gasteiger partial charge is 0.271 e. The first-order valence-electron chi connectivity index (χ1n) is 12.8. The molecular formula is C32H23FN2O2S2. The maximum absolute atomic E-state index is 13.9. The van der Waals surface area contributed by atoms with Gasteiger partial charge in [0, 0.05) is 16.0 Å². The Hall–Kier alpha value is -4.07. The van der Waals surface area contributed by atoms with Crippen molar-refractivity contribution in [3.05, 3.63) is 149 Å². The lowest BCUT2D eigenvalue weighted by molar-refractivity contribution is 0.300. The summed E-state index contributed by atoms with van der Waals surface area (Å²) in [5, 5.41) is 2.07. The van der Waals surface area contributed by atoms with E-state index < -0.39 is 0 Å². The summed E-state index contributed by atoms with van der Waals surface area (Å²) >= 11 is 3.11. The van der Waals surface area contributed by atoms with Crippen molar-refractivity contribution in [3.8, 4) is 5.75 Å². The standard InChI is InChI=1S/C32H23FN2O2S2/c33-26-9-4-2-7-22(26)19-37-23-14-11-20(12-15-23)18-28-31(36)35-30(27-10-5-17-38-27)25-16-13-21-6-1-3-8-24(21)29(25)34-32(35)39-28/h1-12,14-15,17-18,30H,13,16,19H2/b28-18+/t30-/m1/s1. The molecule has 7 heteroatoms. The molecule has 0 saturated carbocycles. The second kappa shape index (κ2) is 9.91. The fourth-order valence-electron chi connectivity index (χ4n) is 5.31. The zero-order valence-corrected chi connectivity index (χ0v) is 22.5. The minimum atomic E-state index is -0.282. The number of hydrogen-bond donors (Lipinski definition) is 0. The van der Waals surface area contributed by atoms with Crippen molar-refractivity contribution in [2.45, 2.75) is 25.5 Å². The number of halogens is 1. The predicted octanol–water partition coefficient (Wildman–Crippen LogP) is 6.10. The molecular weight excluding hydrogens is 527 g/mol. The van der Waals surface area contributed by atoms with Gasteiger partial charge in [0.15, 0.2) is 4.80 Å². The molecule has 192 valence electrons. The van der Waals surface area contributed by atoms with Crippen LogP contribution in [0.3, 0.4) is 0 Å². The normalized spacial score (nSPS) is 16.3. The molecule has 0 amide bonds. The molecule has 0 bridgehead atoms. The van der Waals surface area contributed by atoms with Crippen molar-refractivity contribution < 1.29 is 9.13 Å². The molecule has 3 heterocycles. The second-order valence-electron chi connectivity index (χ2n) is 9.58. The lowest BCUT2D eigenvalue weighted by atomic mass is 9.85. The summed E-state index contributed by atoms with van der Waals surface area (Å²) in [6.07, 6.45) is 3.74. The van der Waals surface area contributed by atoms with Crippen LogP contribution in [0.1, 0.15) is 39.6 Å². The van der Waals surface area contributed by atoms with Crippen LogP contribution in [0.2, 0.25) is 0 Å². The highest BCUT2D eigenvalue weighted by Crippen LogP contribution is 2.42. The predicted molar refractivity (Wildman–Crippen MR) is 154 cm³/mol. The highest BCUT2D eigenvalue weighted by Gasteiger charge is 2.32. The zero-order chi connectivity index (χ0) is 26.3.